The lowest BCUT2D eigenvalue weighted by atomic mass is 9.90. The Kier molecular flexibility index (Phi) is 6.83. The zero-order valence-electron chi connectivity index (χ0n) is 11.2. The summed E-state index contributed by atoms with van der Waals surface area (Å²) >= 11 is 0. The van der Waals surface area contributed by atoms with Crippen molar-refractivity contribution in [3.63, 3.8) is 0 Å². The first-order valence-electron chi connectivity index (χ1n) is 7.25. The Hall–Kier alpha value is 0.210. The Labute approximate surface area is 113 Å². The molecule has 2 atom stereocenters. The molecular weight excluding hydrogens is 232 g/mol. The summed E-state index contributed by atoms with van der Waals surface area (Å²) in [6, 6.07) is 0.662. The number of halogens is 1. The van der Waals surface area contributed by atoms with Crippen molar-refractivity contribution in [2.45, 2.75) is 57.9 Å². The van der Waals surface area contributed by atoms with Crippen LogP contribution in [0.2, 0.25) is 0 Å². The Bertz CT molecular complexity index is 204. The van der Waals surface area contributed by atoms with Crippen LogP contribution in [0.15, 0.2) is 0 Å². The third kappa shape index (κ3) is 4.11. The highest BCUT2D eigenvalue weighted by Crippen LogP contribution is 2.29. The fraction of sp³-hybridized carbons (Fsp3) is 1.00. The predicted molar refractivity (Wildman–Crippen MR) is 76.6 cm³/mol. The summed E-state index contributed by atoms with van der Waals surface area (Å²) in [5.74, 6) is 1.83. The van der Waals surface area contributed by atoms with Gasteiger partial charge in [-0.2, -0.15) is 0 Å². The topological polar surface area (TPSA) is 29.3 Å². The molecule has 2 nitrogen and oxygen atoms in total. The molecule has 0 spiro atoms. The molecule has 0 radical (unpaired) electrons. The molecule has 0 bridgehead atoms. The maximum absolute atomic E-state index is 5.93. The van der Waals surface area contributed by atoms with Crippen molar-refractivity contribution in [2.24, 2.45) is 17.6 Å². The zero-order valence-corrected chi connectivity index (χ0v) is 12.1. The molecule has 1 aliphatic heterocycles. The van der Waals surface area contributed by atoms with Crippen molar-refractivity contribution in [3.8, 4) is 0 Å². The minimum atomic E-state index is 0. The first-order valence-corrected chi connectivity index (χ1v) is 7.25. The van der Waals surface area contributed by atoms with Gasteiger partial charge in [-0.1, -0.05) is 32.6 Å². The standard InChI is InChI=1S/C14H28N2.ClH/c1-12-5-4-9-16(14(12)11-15)10-8-13-6-2-3-7-13;/h12-14H,2-11,15H2,1H3;1H. The quantitative estimate of drug-likeness (QED) is 0.842. The van der Waals surface area contributed by atoms with Crippen LogP contribution in [0.5, 0.6) is 0 Å². The van der Waals surface area contributed by atoms with E-state index in [1.165, 1.54) is 58.0 Å². The van der Waals surface area contributed by atoms with Crippen LogP contribution in [-0.2, 0) is 0 Å². The first kappa shape index (κ1) is 15.3. The van der Waals surface area contributed by atoms with Gasteiger partial charge < -0.3 is 5.73 Å². The smallest absolute Gasteiger partial charge is 0.0243 e. The molecule has 2 unspecified atom stereocenters. The number of nitrogens with two attached hydrogens (primary N) is 1. The van der Waals surface area contributed by atoms with Gasteiger partial charge in [0.05, 0.1) is 0 Å². The van der Waals surface area contributed by atoms with E-state index in [1.54, 1.807) is 0 Å². The fourth-order valence-electron chi connectivity index (χ4n) is 3.64. The van der Waals surface area contributed by atoms with Crippen LogP contribution >= 0.6 is 12.4 Å². The summed E-state index contributed by atoms with van der Waals surface area (Å²) < 4.78 is 0. The van der Waals surface area contributed by atoms with Crippen molar-refractivity contribution in [1.82, 2.24) is 4.90 Å². The zero-order chi connectivity index (χ0) is 11.4. The van der Waals surface area contributed by atoms with Gasteiger partial charge in [0.15, 0.2) is 0 Å². The molecule has 1 saturated heterocycles. The van der Waals surface area contributed by atoms with E-state index in [4.69, 9.17) is 5.73 Å². The van der Waals surface area contributed by atoms with Crippen LogP contribution in [0.25, 0.3) is 0 Å². The summed E-state index contributed by atoms with van der Waals surface area (Å²) in [7, 11) is 0. The highest BCUT2D eigenvalue weighted by Gasteiger charge is 2.27. The number of hydrogen-bond acceptors (Lipinski definition) is 2. The van der Waals surface area contributed by atoms with Crippen LogP contribution in [0.4, 0.5) is 0 Å². The van der Waals surface area contributed by atoms with Crippen LogP contribution in [0.1, 0.15) is 51.9 Å². The minimum absolute atomic E-state index is 0. The SMILES string of the molecule is CC1CCCN(CCC2CCCC2)C1CN.Cl. The highest BCUT2D eigenvalue weighted by molar-refractivity contribution is 5.85. The lowest BCUT2D eigenvalue weighted by Crippen LogP contribution is -2.49. The second-order valence-corrected chi connectivity index (χ2v) is 5.90. The van der Waals surface area contributed by atoms with Gasteiger partial charge >= 0.3 is 0 Å². The van der Waals surface area contributed by atoms with E-state index >= 15 is 0 Å². The van der Waals surface area contributed by atoms with Crippen LogP contribution in [0, 0.1) is 11.8 Å². The van der Waals surface area contributed by atoms with E-state index < -0.39 is 0 Å². The van der Waals surface area contributed by atoms with Crippen molar-refractivity contribution in [1.29, 1.82) is 0 Å². The molecule has 2 rings (SSSR count). The highest BCUT2D eigenvalue weighted by atomic mass is 35.5. The molecule has 2 fully saturated rings. The van der Waals surface area contributed by atoms with Crippen molar-refractivity contribution < 1.29 is 0 Å². The Balaban J connectivity index is 0.00000144. The lowest BCUT2D eigenvalue weighted by molar-refractivity contribution is 0.0997. The van der Waals surface area contributed by atoms with Gasteiger partial charge in [-0.05, 0) is 44.2 Å². The third-order valence-corrected chi connectivity index (χ3v) is 4.77. The van der Waals surface area contributed by atoms with Gasteiger partial charge in [-0.25, -0.2) is 0 Å². The van der Waals surface area contributed by atoms with Crippen molar-refractivity contribution in [3.05, 3.63) is 0 Å². The summed E-state index contributed by atoms with van der Waals surface area (Å²) in [6.07, 6.45) is 10.1. The van der Waals surface area contributed by atoms with Crippen LogP contribution in [0.3, 0.4) is 0 Å². The predicted octanol–water partition coefficient (Wildman–Crippen LogP) is 3.05. The van der Waals surface area contributed by atoms with Crippen molar-refractivity contribution in [2.75, 3.05) is 19.6 Å². The van der Waals surface area contributed by atoms with Gasteiger partial charge in [-0.3, -0.25) is 4.90 Å². The van der Waals surface area contributed by atoms with E-state index in [9.17, 15) is 0 Å². The van der Waals surface area contributed by atoms with Gasteiger partial charge in [0, 0.05) is 12.6 Å². The lowest BCUT2D eigenvalue weighted by Gasteiger charge is -2.39. The third-order valence-electron chi connectivity index (χ3n) is 4.77. The van der Waals surface area contributed by atoms with Gasteiger partial charge in [0.25, 0.3) is 0 Å². The number of likely N-dealkylation sites (tertiary alicyclic amines) is 1. The fourth-order valence-corrected chi connectivity index (χ4v) is 3.64. The first-order chi connectivity index (χ1) is 7.81. The van der Waals surface area contributed by atoms with E-state index in [0.29, 0.717) is 6.04 Å². The maximum atomic E-state index is 5.93. The number of hydrogen-bond donors (Lipinski definition) is 1. The molecule has 102 valence electrons. The Morgan fingerprint density at radius 3 is 2.47 bits per heavy atom. The molecule has 3 heteroatoms. The monoisotopic (exact) mass is 260 g/mol. The van der Waals surface area contributed by atoms with E-state index in [-0.39, 0.29) is 12.4 Å². The molecule has 1 aliphatic carbocycles. The Morgan fingerprint density at radius 2 is 1.82 bits per heavy atom. The van der Waals surface area contributed by atoms with E-state index in [2.05, 4.69) is 11.8 Å². The average Bonchev–Trinajstić information content (AvgIpc) is 2.79. The minimum Gasteiger partial charge on any atom is -0.329 e. The Morgan fingerprint density at radius 1 is 1.12 bits per heavy atom. The molecule has 0 aromatic rings. The van der Waals surface area contributed by atoms with Gasteiger partial charge in [0.1, 0.15) is 0 Å². The van der Waals surface area contributed by atoms with E-state index in [0.717, 1.165) is 18.4 Å². The second kappa shape index (κ2) is 7.60. The summed E-state index contributed by atoms with van der Waals surface area (Å²) in [5.41, 5.74) is 5.93. The molecule has 17 heavy (non-hydrogen) atoms. The maximum Gasteiger partial charge on any atom is 0.0243 e. The molecule has 0 aromatic heterocycles. The van der Waals surface area contributed by atoms with Crippen LogP contribution in [-0.4, -0.2) is 30.6 Å². The normalized spacial score (nSPS) is 31.4. The summed E-state index contributed by atoms with van der Waals surface area (Å²) in [6.45, 7) is 5.82. The number of rotatable bonds is 4. The number of piperidine rings is 1. The van der Waals surface area contributed by atoms with Gasteiger partial charge in [-0.15, -0.1) is 12.4 Å². The molecule has 2 N–H and O–H groups in total. The number of nitrogens with zero attached hydrogens (tertiary/aromatic N) is 1. The molecule has 0 aromatic carbocycles. The van der Waals surface area contributed by atoms with E-state index in [1.807, 2.05) is 0 Å². The molecular formula is C14H29ClN2. The molecule has 0 amide bonds. The van der Waals surface area contributed by atoms with Crippen molar-refractivity contribution >= 4 is 12.4 Å². The largest absolute Gasteiger partial charge is 0.329 e. The second-order valence-electron chi connectivity index (χ2n) is 5.90. The van der Waals surface area contributed by atoms with Gasteiger partial charge in [0.2, 0.25) is 0 Å². The average molecular weight is 261 g/mol. The molecule has 2 aliphatic rings. The summed E-state index contributed by atoms with van der Waals surface area (Å²) in [4.78, 5) is 2.67. The molecule has 1 heterocycles. The molecule has 1 saturated carbocycles. The summed E-state index contributed by atoms with van der Waals surface area (Å²) in [5, 5.41) is 0. The van der Waals surface area contributed by atoms with Crippen LogP contribution < -0.4 is 5.73 Å².